The molecule has 0 saturated carbocycles. The Hall–Kier alpha value is -1.92. The number of halogens is 4. The first-order valence-corrected chi connectivity index (χ1v) is 5.86. The topological polar surface area (TPSA) is 38.0 Å². The highest BCUT2D eigenvalue weighted by molar-refractivity contribution is 5.26. The van der Waals surface area contributed by atoms with E-state index in [1.54, 1.807) is 0 Å². The molecule has 0 aliphatic carbocycles. The van der Waals surface area contributed by atoms with Crippen LogP contribution in [0.3, 0.4) is 0 Å². The summed E-state index contributed by atoms with van der Waals surface area (Å²) in [4.78, 5) is 0. The fourth-order valence-corrected chi connectivity index (χ4v) is 1.94. The van der Waals surface area contributed by atoms with Gasteiger partial charge in [0.15, 0.2) is 11.6 Å². The molecule has 0 amide bonds. The van der Waals surface area contributed by atoms with Crippen LogP contribution in [0.25, 0.3) is 0 Å². The first-order chi connectivity index (χ1) is 9.51. The maximum atomic E-state index is 13.7. The van der Waals surface area contributed by atoms with Crippen LogP contribution < -0.4 is 11.3 Å². The number of benzene rings is 2. The maximum Gasteiger partial charge on any atom is 0.159 e. The third kappa shape index (κ3) is 3.15. The molecule has 2 aromatic rings. The first kappa shape index (κ1) is 14.5. The maximum absolute atomic E-state index is 13.7. The van der Waals surface area contributed by atoms with Crippen LogP contribution in [0.2, 0.25) is 0 Å². The van der Waals surface area contributed by atoms with Gasteiger partial charge < -0.3 is 0 Å². The summed E-state index contributed by atoms with van der Waals surface area (Å²) in [7, 11) is 0. The van der Waals surface area contributed by atoms with Crippen molar-refractivity contribution in [3.05, 3.63) is 70.8 Å². The van der Waals surface area contributed by atoms with Crippen molar-refractivity contribution in [2.75, 3.05) is 0 Å². The van der Waals surface area contributed by atoms with E-state index in [0.717, 1.165) is 30.3 Å². The number of hydrazine groups is 1. The summed E-state index contributed by atoms with van der Waals surface area (Å²) in [6.07, 6.45) is 0.0913. The molecule has 1 atom stereocenters. The zero-order valence-electron chi connectivity index (χ0n) is 10.3. The van der Waals surface area contributed by atoms with E-state index in [4.69, 9.17) is 5.84 Å². The van der Waals surface area contributed by atoms with Gasteiger partial charge in [-0.3, -0.25) is 11.3 Å². The Morgan fingerprint density at radius 3 is 2.25 bits per heavy atom. The first-order valence-electron chi connectivity index (χ1n) is 5.86. The average Bonchev–Trinajstić information content (AvgIpc) is 2.43. The van der Waals surface area contributed by atoms with Crippen molar-refractivity contribution >= 4 is 0 Å². The lowest BCUT2D eigenvalue weighted by atomic mass is 9.98. The van der Waals surface area contributed by atoms with E-state index in [-0.39, 0.29) is 12.0 Å². The van der Waals surface area contributed by atoms with Crippen LogP contribution in [0.5, 0.6) is 0 Å². The van der Waals surface area contributed by atoms with Gasteiger partial charge in [0.05, 0.1) is 6.04 Å². The molecule has 0 bridgehead atoms. The van der Waals surface area contributed by atoms with Crippen LogP contribution in [0.15, 0.2) is 36.4 Å². The highest BCUT2D eigenvalue weighted by Crippen LogP contribution is 2.22. The van der Waals surface area contributed by atoms with Crippen LogP contribution in [0.1, 0.15) is 17.2 Å². The second kappa shape index (κ2) is 6.02. The summed E-state index contributed by atoms with van der Waals surface area (Å²) in [5, 5.41) is 0. The molecule has 0 aliphatic rings. The Morgan fingerprint density at radius 2 is 1.60 bits per heavy atom. The van der Waals surface area contributed by atoms with Gasteiger partial charge in [-0.1, -0.05) is 6.07 Å². The van der Waals surface area contributed by atoms with Crippen LogP contribution in [-0.4, -0.2) is 0 Å². The lowest BCUT2D eigenvalue weighted by Gasteiger charge is -2.17. The highest BCUT2D eigenvalue weighted by atomic mass is 19.2. The quantitative estimate of drug-likeness (QED) is 0.514. The lowest BCUT2D eigenvalue weighted by Crippen LogP contribution is -2.30. The summed E-state index contributed by atoms with van der Waals surface area (Å²) in [6.45, 7) is 0. The number of nitrogens with two attached hydrogens (primary N) is 1. The third-order valence-electron chi connectivity index (χ3n) is 2.96. The SMILES string of the molecule is NNC(Cc1ccc(F)c(F)c1)c1cc(F)ccc1F. The number of rotatable bonds is 4. The van der Waals surface area contributed by atoms with Crippen LogP contribution in [0.4, 0.5) is 17.6 Å². The van der Waals surface area contributed by atoms with Crippen LogP contribution in [-0.2, 0) is 6.42 Å². The smallest absolute Gasteiger partial charge is 0.159 e. The Bertz CT molecular complexity index is 616. The Morgan fingerprint density at radius 1 is 0.900 bits per heavy atom. The summed E-state index contributed by atoms with van der Waals surface area (Å²) in [5.74, 6) is 2.13. The van der Waals surface area contributed by atoms with Gasteiger partial charge in [-0.15, -0.1) is 0 Å². The average molecular weight is 284 g/mol. The molecule has 0 saturated heterocycles. The molecule has 2 aromatic carbocycles. The summed E-state index contributed by atoms with van der Waals surface area (Å²) >= 11 is 0. The van der Waals surface area contributed by atoms with Crippen molar-refractivity contribution in [3.63, 3.8) is 0 Å². The molecule has 106 valence electrons. The highest BCUT2D eigenvalue weighted by Gasteiger charge is 2.16. The van der Waals surface area contributed by atoms with Gasteiger partial charge in [0, 0.05) is 5.56 Å². The summed E-state index contributed by atoms with van der Waals surface area (Å²) < 4.78 is 52.8. The Balaban J connectivity index is 2.28. The molecule has 1 unspecified atom stereocenters. The standard InChI is InChI=1S/C14H12F4N2/c15-9-2-4-11(16)10(7-9)14(20-19)6-8-1-3-12(17)13(18)5-8/h1-5,7,14,20H,6,19H2. The molecule has 0 spiro atoms. The van der Waals surface area contributed by atoms with Crippen molar-refractivity contribution < 1.29 is 17.6 Å². The fraction of sp³-hybridized carbons (Fsp3) is 0.143. The van der Waals surface area contributed by atoms with Crippen LogP contribution >= 0.6 is 0 Å². The molecule has 2 nitrogen and oxygen atoms in total. The van der Waals surface area contributed by atoms with Gasteiger partial charge in [-0.05, 0) is 42.3 Å². The molecule has 0 fully saturated rings. The predicted octanol–water partition coefficient (Wildman–Crippen LogP) is 2.99. The minimum atomic E-state index is -1.00. The van der Waals surface area contributed by atoms with Gasteiger partial charge >= 0.3 is 0 Å². The molecule has 0 aliphatic heterocycles. The molecule has 0 aromatic heterocycles. The zero-order chi connectivity index (χ0) is 14.7. The number of nitrogens with one attached hydrogen (secondary N) is 1. The number of hydrogen-bond acceptors (Lipinski definition) is 2. The van der Waals surface area contributed by atoms with Crippen molar-refractivity contribution in [2.24, 2.45) is 5.84 Å². The van der Waals surface area contributed by atoms with Gasteiger partial charge in [-0.25, -0.2) is 17.6 Å². The number of hydrogen-bond donors (Lipinski definition) is 2. The second-order valence-electron chi connectivity index (χ2n) is 4.34. The monoisotopic (exact) mass is 284 g/mol. The molecule has 0 heterocycles. The van der Waals surface area contributed by atoms with Gasteiger partial charge in [-0.2, -0.15) is 0 Å². The van der Waals surface area contributed by atoms with Gasteiger partial charge in [0.1, 0.15) is 11.6 Å². The Kier molecular flexibility index (Phi) is 4.36. The summed E-state index contributed by atoms with van der Waals surface area (Å²) in [6, 6.07) is 5.57. The van der Waals surface area contributed by atoms with E-state index in [1.807, 2.05) is 0 Å². The van der Waals surface area contributed by atoms with Gasteiger partial charge in [0.25, 0.3) is 0 Å². The van der Waals surface area contributed by atoms with Crippen molar-refractivity contribution in [2.45, 2.75) is 12.5 Å². The molecule has 6 heteroatoms. The van der Waals surface area contributed by atoms with E-state index in [9.17, 15) is 17.6 Å². The van der Waals surface area contributed by atoms with E-state index in [1.165, 1.54) is 6.07 Å². The van der Waals surface area contributed by atoms with E-state index in [2.05, 4.69) is 5.43 Å². The molecule has 2 rings (SSSR count). The van der Waals surface area contributed by atoms with Crippen molar-refractivity contribution in [1.29, 1.82) is 0 Å². The Labute approximate surface area is 113 Å². The van der Waals surface area contributed by atoms with E-state index >= 15 is 0 Å². The minimum Gasteiger partial charge on any atom is -0.271 e. The summed E-state index contributed by atoms with van der Waals surface area (Å²) in [5.41, 5.74) is 2.78. The molecule has 3 N–H and O–H groups in total. The lowest BCUT2D eigenvalue weighted by molar-refractivity contribution is 0.492. The molecular formula is C14H12F4N2. The second-order valence-corrected chi connectivity index (χ2v) is 4.34. The fourth-order valence-electron chi connectivity index (χ4n) is 1.94. The van der Waals surface area contributed by atoms with Gasteiger partial charge in [0.2, 0.25) is 0 Å². The largest absolute Gasteiger partial charge is 0.271 e. The molecule has 20 heavy (non-hydrogen) atoms. The van der Waals surface area contributed by atoms with E-state index in [0.29, 0.717) is 5.56 Å². The van der Waals surface area contributed by atoms with E-state index < -0.39 is 29.3 Å². The molecular weight excluding hydrogens is 272 g/mol. The van der Waals surface area contributed by atoms with Crippen molar-refractivity contribution in [1.82, 2.24) is 5.43 Å². The minimum absolute atomic E-state index is 0.0252. The molecule has 0 radical (unpaired) electrons. The normalized spacial score (nSPS) is 12.4. The van der Waals surface area contributed by atoms with Crippen molar-refractivity contribution in [3.8, 4) is 0 Å². The predicted molar refractivity (Wildman–Crippen MR) is 66.5 cm³/mol. The van der Waals surface area contributed by atoms with Crippen LogP contribution in [0, 0.1) is 23.3 Å². The zero-order valence-corrected chi connectivity index (χ0v) is 10.3. The third-order valence-corrected chi connectivity index (χ3v) is 2.96.